The number of alkyl halides is 3. The molecule has 1 N–H and O–H groups in total. The van der Waals surface area contributed by atoms with Gasteiger partial charge < -0.3 is 0 Å². The van der Waals surface area contributed by atoms with Gasteiger partial charge in [-0.3, -0.25) is 4.55 Å². The van der Waals surface area contributed by atoms with Crippen LogP contribution < -0.4 is 0 Å². The van der Waals surface area contributed by atoms with E-state index in [4.69, 9.17) is 4.55 Å². The fourth-order valence-electron chi connectivity index (χ4n) is 1.86. The monoisotopic (exact) mass is 336 g/mol. The standard InChI is InChI=1S/C12H23F3O3S2/c1-2-3-4-5-6-7-8-9-10-11(20(16,17)18)19-12(13,14)15/h11H,2-10H2,1H3,(H,16,17,18). The largest absolute Gasteiger partial charge is 0.443 e. The zero-order chi connectivity index (χ0) is 15.6. The molecular formula is C12H23F3O3S2. The van der Waals surface area contributed by atoms with E-state index in [9.17, 15) is 21.6 Å². The Labute approximate surface area is 123 Å². The number of rotatable bonds is 11. The summed E-state index contributed by atoms with van der Waals surface area (Å²) in [6.45, 7) is 2.12. The first-order chi connectivity index (χ1) is 9.17. The van der Waals surface area contributed by atoms with Crippen LogP contribution in [0.2, 0.25) is 0 Å². The molecule has 0 saturated heterocycles. The molecule has 1 atom stereocenters. The fourth-order valence-corrected chi connectivity index (χ4v) is 3.72. The Kier molecular flexibility index (Phi) is 9.92. The minimum atomic E-state index is -4.66. The molecule has 0 aromatic carbocycles. The Morgan fingerprint density at radius 3 is 1.85 bits per heavy atom. The predicted octanol–water partition coefficient (Wildman–Crippen LogP) is 4.98. The molecule has 3 nitrogen and oxygen atoms in total. The molecule has 122 valence electrons. The van der Waals surface area contributed by atoms with Crippen LogP contribution in [0, 0.1) is 0 Å². The highest BCUT2D eigenvalue weighted by Crippen LogP contribution is 2.38. The molecular weight excluding hydrogens is 313 g/mol. The van der Waals surface area contributed by atoms with E-state index in [-0.39, 0.29) is 6.42 Å². The average molecular weight is 336 g/mol. The highest BCUT2D eigenvalue weighted by Gasteiger charge is 2.38. The summed E-state index contributed by atoms with van der Waals surface area (Å²) in [5.41, 5.74) is -4.65. The van der Waals surface area contributed by atoms with Gasteiger partial charge in [0.05, 0.1) is 0 Å². The molecule has 0 saturated carbocycles. The Morgan fingerprint density at radius 1 is 1.00 bits per heavy atom. The Balaban J connectivity index is 3.87. The molecule has 8 heteroatoms. The van der Waals surface area contributed by atoms with Crippen molar-refractivity contribution in [1.82, 2.24) is 0 Å². The SMILES string of the molecule is CCCCCCCCCCC(SC(F)(F)F)S(=O)(=O)O. The van der Waals surface area contributed by atoms with Crippen molar-refractivity contribution in [1.29, 1.82) is 0 Å². The van der Waals surface area contributed by atoms with Crippen molar-refractivity contribution in [2.75, 3.05) is 0 Å². The summed E-state index contributed by atoms with van der Waals surface area (Å²) in [5.74, 6) is 0. The van der Waals surface area contributed by atoms with E-state index < -0.39 is 32.0 Å². The molecule has 0 amide bonds. The summed E-state index contributed by atoms with van der Waals surface area (Å²) in [4.78, 5) is 0. The van der Waals surface area contributed by atoms with Crippen LogP contribution in [0.4, 0.5) is 13.2 Å². The molecule has 20 heavy (non-hydrogen) atoms. The Bertz CT molecular complexity index is 342. The lowest BCUT2D eigenvalue weighted by Gasteiger charge is -2.15. The van der Waals surface area contributed by atoms with Crippen molar-refractivity contribution in [3.8, 4) is 0 Å². The first-order valence-corrected chi connectivity index (χ1v) is 9.26. The molecule has 1 unspecified atom stereocenters. The van der Waals surface area contributed by atoms with Gasteiger partial charge in [0.1, 0.15) is 4.58 Å². The van der Waals surface area contributed by atoms with Gasteiger partial charge in [-0.05, 0) is 18.2 Å². The molecule has 0 radical (unpaired) electrons. The third-order valence-corrected chi connectivity index (χ3v) is 5.57. The molecule has 0 bridgehead atoms. The van der Waals surface area contributed by atoms with Gasteiger partial charge in [0, 0.05) is 0 Å². The van der Waals surface area contributed by atoms with E-state index in [1.54, 1.807) is 0 Å². The Morgan fingerprint density at radius 2 is 1.45 bits per heavy atom. The maximum Gasteiger partial charge on any atom is 0.443 e. The second-order valence-electron chi connectivity index (χ2n) is 4.77. The van der Waals surface area contributed by atoms with Crippen molar-refractivity contribution >= 4 is 21.9 Å². The van der Waals surface area contributed by atoms with E-state index in [1.165, 1.54) is 6.42 Å². The van der Waals surface area contributed by atoms with Crippen molar-refractivity contribution in [2.24, 2.45) is 0 Å². The van der Waals surface area contributed by atoms with Crippen LogP contribution in [-0.4, -0.2) is 23.1 Å². The zero-order valence-corrected chi connectivity index (χ0v) is 13.3. The number of halogens is 3. The first-order valence-electron chi connectivity index (χ1n) is 6.87. The van der Waals surface area contributed by atoms with Crippen LogP contribution in [-0.2, 0) is 10.1 Å². The Hall–Kier alpha value is 0.0500. The topological polar surface area (TPSA) is 54.4 Å². The maximum absolute atomic E-state index is 12.2. The maximum atomic E-state index is 12.2. The smallest absolute Gasteiger partial charge is 0.285 e. The summed E-state index contributed by atoms with van der Waals surface area (Å²) in [5, 5.41) is 0. The molecule has 0 aliphatic rings. The van der Waals surface area contributed by atoms with E-state index >= 15 is 0 Å². The van der Waals surface area contributed by atoms with Gasteiger partial charge in [0.15, 0.2) is 0 Å². The highest BCUT2D eigenvalue weighted by atomic mass is 32.3. The third kappa shape index (κ3) is 11.8. The number of thioether (sulfide) groups is 1. The quantitative estimate of drug-likeness (QED) is 0.427. The summed E-state index contributed by atoms with van der Waals surface area (Å²) < 4.78 is 65.3. The zero-order valence-electron chi connectivity index (χ0n) is 11.7. The summed E-state index contributed by atoms with van der Waals surface area (Å²) in [6.07, 6.45) is 7.41. The fraction of sp³-hybridized carbons (Fsp3) is 1.00. The van der Waals surface area contributed by atoms with Gasteiger partial charge in [-0.15, -0.1) is 0 Å². The van der Waals surface area contributed by atoms with E-state index in [1.807, 2.05) is 0 Å². The van der Waals surface area contributed by atoms with Gasteiger partial charge in [-0.1, -0.05) is 58.3 Å². The van der Waals surface area contributed by atoms with Gasteiger partial charge in [-0.25, -0.2) is 0 Å². The second-order valence-corrected chi connectivity index (χ2v) is 7.94. The van der Waals surface area contributed by atoms with Crippen LogP contribution in [0.1, 0.15) is 64.7 Å². The van der Waals surface area contributed by atoms with Crippen molar-refractivity contribution in [3.63, 3.8) is 0 Å². The number of unbranched alkanes of at least 4 members (excludes halogenated alkanes) is 7. The summed E-state index contributed by atoms with van der Waals surface area (Å²) in [6, 6.07) is 0. The summed E-state index contributed by atoms with van der Waals surface area (Å²) in [7, 11) is -4.66. The first kappa shape index (κ1) is 20.1. The van der Waals surface area contributed by atoms with Crippen LogP contribution in [0.5, 0.6) is 0 Å². The number of hydrogen-bond acceptors (Lipinski definition) is 3. The average Bonchev–Trinajstić information content (AvgIpc) is 2.28. The van der Waals surface area contributed by atoms with Crippen LogP contribution in [0.25, 0.3) is 0 Å². The molecule has 0 aliphatic heterocycles. The normalized spacial score (nSPS) is 14.4. The molecule has 0 aromatic rings. The molecule has 0 aromatic heterocycles. The minimum Gasteiger partial charge on any atom is -0.285 e. The van der Waals surface area contributed by atoms with Gasteiger partial charge in [-0.2, -0.15) is 21.6 Å². The van der Waals surface area contributed by atoms with Crippen LogP contribution in [0.3, 0.4) is 0 Å². The van der Waals surface area contributed by atoms with Gasteiger partial charge in [0.2, 0.25) is 0 Å². The molecule has 0 aliphatic carbocycles. The highest BCUT2D eigenvalue weighted by molar-refractivity contribution is 8.12. The van der Waals surface area contributed by atoms with Crippen molar-refractivity contribution < 1.29 is 26.1 Å². The third-order valence-electron chi connectivity index (χ3n) is 2.89. The van der Waals surface area contributed by atoms with E-state index in [2.05, 4.69) is 6.92 Å². The number of hydrogen-bond donors (Lipinski definition) is 1. The van der Waals surface area contributed by atoms with Crippen molar-refractivity contribution in [2.45, 2.75) is 74.8 Å². The van der Waals surface area contributed by atoms with Gasteiger partial charge >= 0.3 is 5.51 Å². The van der Waals surface area contributed by atoms with E-state index in [0.29, 0.717) is 12.8 Å². The van der Waals surface area contributed by atoms with Gasteiger partial charge in [0.25, 0.3) is 10.1 Å². The minimum absolute atomic E-state index is 0.169. The summed E-state index contributed by atoms with van der Waals surface area (Å²) >= 11 is -0.654. The molecule has 0 rings (SSSR count). The lowest BCUT2D eigenvalue weighted by atomic mass is 10.1. The predicted molar refractivity (Wildman–Crippen MR) is 76.2 cm³/mol. The molecule has 0 spiro atoms. The van der Waals surface area contributed by atoms with Crippen LogP contribution >= 0.6 is 11.8 Å². The molecule has 0 heterocycles. The van der Waals surface area contributed by atoms with E-state index in [0.717, 1.165) is 32.1 Å². The van der Waals surface area contributed by atoms with Crippen molar-refractivity contribution in [3.05, 3.63) is 0 Å². The van der Waals surface area contributed by atoms with Crippen LogP contribution in [0.15, 0.2) is 0 Å². The second kappa shape index (κ2) is 9.89. The lowest BCUT2D eigenvalue weighted by molar-refractivity contribution is -0.0331. The lowest BCUT2D eigenvalue weighted by Crippen LogP contribution is -2.21. The molecule has 0 fully saturated rings.